The van der Waals surface area contributed by atoms with Gasteiger partial charge in [0.1, 0.15) is 5.75 Å². The molecule has 202 valence electrons. The molecular formula is C28H43BrN2O5. The molecule has 0 fully saturated rings. The molecule has 2 atom stereocenters. The van der Waals surface area contributed by atoms with Gasteiger partial charge in [0, 0.05) is 32.6 Å². The number of rotatable bonds is 15. The molecule has 1 rings (SSSR count). The van der Waals surface area contributed by atoms with Gasteiger partial charge in [0.25, 0.3) is 5.91 Å². The van der Waals surface area contributed by atoms with Crippen molar-refractivity contribution in [2.45, 2.75) is 73.1 Å². The Morgan fingerprint density at radius 2 is 1.81 bits per heavy atom. The lowest BCUT2D eigenvalue weighted by Crippen LogP contribution is -2.27. The summed E-state index contributed by atoms with van der Waals surface area (Å²) in [5.41, 5.74) is 1.75. The predicted molar refractivity (Wildman–Crippen MR) is 148 cm³/mol. The summed E-state index contributed by atoms with van der Waals surface area (Å²) in [6.07, 6.45) is 4.75. The fraction of sp³-hybridized carbons (Fsp3) is 0.607. The lowest BCUT2D eigenvalue weighted by molar-refractivity contribution is -0.118. The van der Waals surface area contributed by atoms with Crippen molar-refractivity contribution in [3.05, 3.63) is 34.3 Å². The smallest absolute Gasteiger partial charge is 0.258 e. The van der Waals surface area contributed by atoms with E-state index in [-0.39, 0.29) is 46.1 Å². The van der Waals surface area contributed by atoms with Crippen LogP contribution in [0.4, 0.5) is 5.69 Å². The third kappa shape index (κ3) is 12.7. The van der Waals surface area contributed by atoms with Gasteiger partial charge in [-0.25, -0.2) is 0 Å². The van der Waals surface area contributed by atoms with Crippen molar-refractivity contribution < 1.29 is 24.2 Å². The van der Waals surface area contributed by atoms with E-state index >= 15 is 0 Å². The van der Waals surface area contributed by atoms with Crippen molar-refractivity contribution in [1.82, 2.24) is 5.32 Å². The molecule has 0 bridgehead atoms. The fourth-order valence-corrected chi connectivity index (χ4v) is 4.08. The van der Waals surface area contributed by atoms with Crippen LogP contribution in [0.5, 0.6) is 5.75 Å². The Balaban J connectivity index is 2.49. The van der Waals surface area contributed by atoms with Gasteiger partial charge in [0.2, 0.25) is 5.91 Å². The van der Waals surface area contributed by atoms with Gasteiger partial charge in [-0.2, -0.15) is 0 Å². The van der Waals surface area contributed by atoms with Crippen LogP contribution in [0.2, 0.25) is 0 Å². The van der Waals surface area contributed by atoms with Gasteiger partial charge in [0.15, 0.2) is 5.78 Å². The average molecular weight is 568 g/mol. The number of carbonyl (C=O) groups is 3. The number of ether oxygens (including phenoxy) is 1. The van der Waals surface area contributed by atoms with Crippen LogP contribution in [0.25, 0.3) is 0 Å². The lowest BCUT2D eigenvalue weighted by Gasteiger charge is -2.29. The van der Waals surface area contributed by atoms with Gasteiger partial charge in [-0.15, -0.1) is 0 Å². The van der Waals surface area contributed by atoms with Crippen LogP contribution in [0.15, 0.2) is 28.8 Å². The highest BCUT2D eigenvalue weighted by Gasteiger charge is 2.22. The van der Waals surface area contributed by atoms with E-state index in [2.05, 4.69) is 61.2 Å². The average Bonchev–Trinajstić information content (AvgIpc) is 2.78. The maximum Gasteiger partial charge on any atom is 0.258 e. The maximum atomic E-state index is 12.4. The first kappa shape index (κ1) is 31.8. The zero-order chi connectivity index (χ0) is 27.3. The highest BCUT2D eigenvalue weighted by molar-refractivity contribution is 9.12. The number of amides is 2. The highest BCUT2D eigenvalue weighted by Crippen LogP contribution is 2.32. The van der Waals surface area contributed by atoms with E-state index < -0.39 is 0 Å². The van der Waals surface area contributed by atoms with Crippen LogP contribution in [-0.4, -0.2) is 43.0 Å². The molecule has 0 saturated carbocycles. The van der Waals surface area contributed by atoms with Crippen LogP contribution in [0.3, 0.4) is 0 Å². The number of hydrogen-bond acceptors (Lipinski definition) is 5. The zero-order valence-corrected chi connectivity index (χ0v) is 24.2. The Morgan fingerprint density at radius 1 is 1.14 bits per heavy atom. The number of phenolic OH excluding ortho intramolecular Hbond substituents is 1. The third-order valence-electron chi connectivity index (χ3n) is 6.33. The first-order chi connectivity index (χ1) is 16.8. The van der Waals surface area contributed by atoms with Crippen molar-refractivity contribution in [2.75, 3.05) is 25.6 Å². The second-order valence-electron chi connectivity index (χ2n) is 10.6. The Hall–Kier alpha value is -2.19. The molecule has 1 aromatic carbocycles. The molecule has 0 aliphatic rings. The van der Waals surface area contributed by atoms with E-state index in [0.29, 0.717) is 43.5 Å². The molecule has 8 heteroatoms. The lowest BCUT2D eigenvalue weighted by atomic mass is 9.76. The van der Waals surface area contributed by atoms with Crippen LogP contribution in [0.1, 0.15) is 72.3 Å². The van der Waals surface area contributed by atoms with Gasteiger partial charge in [-0.1, -0.05) is 40.7 Å². The minimum Gasteiger partial charge on any atom is -0.506 e. The summed E-state index contributed by atoms with van der Waals surface area (Å²) in [4.78, 5) is 36.3. The van der Waals surface area contributed by atoms with E-state index in [0.717, 1.165) is 18.4 Å². The Bertz CT molecular complexity index is 908. The molecule has 0 aromatic heterocycles. The fourth-order valence-electron chi connectivity index (χ4n) is 3.68. The summed E-state index contributed by atoms with van der Waals surface area (Å²) < 4.78 is 5.03. The molecule has 0 saturated heterocycles. The SMILES string of the molecule is COCCNC(=O)/C(Br)=C\C(=O)CCCCC(=O)Nc1cc(C[C@H](C)CC(C)C(C)(C)C)ccc1O. The molecule has 3 N–H and O–H groups in total. The first-order valence-electron chi connectivity index (χ1n) is 12.6. The number of halogens is 1. The number of benzene rings is 1. The molecule has 0 spiro atoms. The van der Waals surface area contributed by atoms with E-state index in [1.54, 1.807) is 6.07 Å². The molecule has 7 nitrogen and oxygen atoms in total. The minimum absolute atomic E-state index is 0.0387. The molecule has 1 unspecified atom stereocenters. The van der Waals surface area contributed by atoms with Crippen molar-refractivity contribution in [3.8, 4) is 5.75 Å². The number of nitrogens with one attached hydrogen (secondary N) is 2. The quantitative estimate of drug-likeness (QED) is 0.142. The Kier molecular flexibility index (Phi) is 14.0. The Morgan fingerprint density at radius 3 is 2.44 bits per heavy atom. The van der Waals surface area contributed by atoms with Crippen LogP contribution >= 0.6 is 15.9 Å². The molecule has 0 aliphatic carbocycles. The van der Waals surface area contributed by atoms with E-state index in [1.165, 1.54) is 13.2 Å². The molecule has 36 heavy (non-hydrogen) atoms. The monoisotopic (exact) mass is 566 g/mol. The van der Waals surface area contributed by atoms with E-state index in [1.807, 2.05) is 12.1 Å². The van der Waals surface area contributed by atoms with Crippen molar-refractivity contribution in [3.63, 3.8) is 0 Å². The molecular weight excluding hydrogens is 524 g/mol. The second-order valence-corrected chi connectivity index (χ2v) is 11.5. The van der Waals surface area contributed by atoms with Gasteiger partial charge >= 0.3 is 0 Å². The van der Waals surface area contributed by atoms with Crippen LogP contribution in [0, 0.1) is 17.3 Å². The zero-order valence-electron chi connectivity index (χ0n) is 22.6. The summed E-state index contributed by atoms with van der Waals surface area (Å²) in [5.74, 6) is 0.334. The largest absolute Gasteiger partial charge is 0.506 e. The highest BCUT2D eigenvalue weighted by atomic mass is 79.9. The number of allylic oxidation sites excluding steroid dienone is 1. The topological polar surface area (TPSA) is 105 Å². The number of unbranched alkanes of at least 4 members (excludes halogenated alkanes) is 1. The summed E-state index contributed by atoms with van der Waals surface area (Å²) in [7, 11) is 1.54. The van der Waals surface area contributed by atoms with Crippen molar-refractivity contribution in [1.29, 1.82) is 0 Å². The summed E-state index contributed by atoms with van der Waals surface area (Å²) in [6.45, 7) is 12.0. The minimum atomic E-state index is -0.375. The summed E-state index contributed by atoms with van der Waals surface area (Å²) in [5, 5.41) is 15.6. The number of phenols is 1. The molecule has 1 aromatic rings. The predicted octanol–water partition coefficient (Wildman–Crippen LogP) is 5.75. The van der Waals surface area contributed by atoms with Gasteiger partial charge in [-0.3, -0.25) is 14.4 Å². The van der Waals surface area contributed by atoms with Crippen molar-refractivity contribution in [2.24, 2.45) is 17.3 Å². The Labute approximate surface area is 224 Å². The van der Waals surface area contributed by atoms with E-state index in [4.69, 9.17) is 4.74 Å². The van der Waals surface area contributed by atoms with Crippen LogP contribution in [-0.2, 0) is 25.5 Å². The van der Waals surface area contributed by atoms with Crippen molar-refractivity contribution >= 4 is 39.2 Å². The third-order valence-corrected chi connectivity index (χ3v) is 6.92. The molecule has 2 amide bonds. The second kappa shape index (κ2) is 15.8. The van der Waals surface area contributed by atoms with Gasteiger partial charge in [-0.05, 0) is 76.6 Å². The number of carbonyl (C=O) groups excluding carboxylic acids is 3. The van der Waals surface area contributed by atoms with Crippen LogP contribution < -0.4 is 10.6 Å². The first-order valence-corrected chi connectivity index (χ1v) is 13.4. The molecule has 0 aliphatic heterocycles. The number of ketones is 1. The number of aromatic hydroxyl groups is 1. The number of anilines is 1. The van der Waals surface area contributed by atoms with E-state index in [9.17, 15) is 19.5 Å². The molecule has 0 radical (unpaired) electrons. The number of hydrogen-bond donors (Lipinski definition) is 3. The summed E-state index contributed by atoms with van der Waals surface area (Å²) in [6, 6.07) is 5.37. The summed E-state index contributed by atoms with van der Waals surface area (Å²) >= 11 is 3.11. The molecule has 0 heterocycles. The van der Waals surface area contributed by atoms with Gasteiger partial charge in [0.05, 0.1) is 16.8 Å². The normalized spacial score (nSPS) is 13.7. The standard InChI is InChI=1S/C28H43BrN2O5/c1-19(15-20(2)28(3,4)5)16-21-11-12-25(33)24(17-21)31-26(34)10-8-7-9-22(32)18-23(29)27(35)30-13-14-36-6/h11-12,17-20,33H,7-10,13-16H2,1-6H3,(H,30,35)(H,31,34)/b23-18+/t19-,20?/m1/s1. The maximum absolute atomic E-state index is 12.4. The van der Waals surface area contributed by atoms with Gasteiger partial charge < -0.3 is 20.5 Å². The number of methoxy groups -OCH3 is 1.